The zero-order valence-corrected chi connectivity index (χ0v) is 38.3. The molecule has 6 heteroatoms. The van der Waals surface area contributed by atoms with E-state index in [1.165, 1.54) is 24.8 Å². The molecule has 61 heavy (non-hydrogen) atoms. The third-order valence-electron chi connectivity index (χ3n) is 12.3. The van der Waals surface area contributed by atoms with Gasteiger partial charge in [-0.2, -0.15) is 0 Å². The molecule has 0 saturated heterocycles. The zero-order valence-electron chi connectivity index (χ0n) is 38.3. The van der Waals surface area contributed by atoms with Crippen LogP contribution in [0.5, 0.6) is 23.0 Å². The number of rotatable bonds is 7. The molecular weight excluding hydrogens is 749 g/mol. The standard InChI is InChI=1S/C38H38BNO4.C15H22.C2H6/c1-23(2)25-15-11-16-26(21-25)27-17-12-18-28(22-27)40(33-34(41)32(39)35(42)37(44)36(33)43)30-20-10-9-19-29(31(30)38(3,4)5)24-13-7-6-8-14-24;1-5-15(4)11-10-14(2,3)12-8-6-7-9-13(12)15;1-2/h6-8,10-23,41-44H,9H2,1-5H3;6-9H,5,10-11H2,1-4H3;1-2H3. The molecule has 0 bridgehead atoms. The number of hydrogen-bond acceptors (Lipinski definition) is 5. The van der Waals surface area contributed by atoms with Crippen molar-refractivity contribution in [1.82, 2.24) is 0 Å². The van der Waals surface area contributed by atoms with Crippen LogP contribution in [0.3, 0.4) is 0 Å². The van der Waals surface area contributed by atoms with E-state index in [1.54, 1.807) is 16.0 Å². The predicted octanol–water partition coefficient (Wildman–Crippen LogP) is 14.0. The lowest BCUT2D eigenvalue weighted by Crippen LogP contribution is -2.35. The van der Waals surface area contributed by atoms with Crippen molar-refractivity contribution in [1.29, 1.82) is 0 Å². The Balaban J connectivity index is 0.000000345. The fraction of sp³-hybridized carbons (Fsp3) is 0.345. The van der Waals surface area contributed by atoms with Crippen molar-refractivity contribution in [2.24, 2.45) is 5.41 Å². The van der Waals surface area contributed by atoms with Crippen LogP contribution in [0.4, 0.5) is 11.4 Å². The van der Waals surface area contributed by atoms with E-state index in [0.717, 1.165) is 27.8 Å². The molecule has 318 valence electrons. The molecule has 7 rings (SSSR count). The molecule has 4 N–H and O–H groups in total. The summed E-state index contributed by atoms with van der Waals surface area (Å²) in [7, 11) is 6.09. The maximum absolute atomic E-state index is 11.4. The summed E-state index contributed by atoms with van der Waals surface area (Å²) < 4.78 is 0. The van der Waals surface area contributed by atoms with Gasteiger partial charge in [-0.3, -0.25) is 0 Å². The molecule has 5 nitrogen and oxygen atoms in total. The molecular formula is C55H66BNO4. The summed E-state index contributed by atoms with van der Waals surface area (Å²) in [5.74, 6) is -2.48. The number of hydrogen-bond donors (Lipinski definition) is 4. The monoisotopic (exact) mass is 816 g/mol. The fourth-order valence-corrected chi connectivity index (χ4v) is 8.57. The topological polar surface area (TPSA) is 84.2 Å². The average molecular weight is 816 g/mol. The molecule has 5 aromatic rings. The summed E-state index contributed by atoms with van der Waals surface area (Å²) in [4.78, 5) is 1.72. The van der Waals surface area contributed by atoms with Gasteiger partial charge in [-0.15, -0.1) is 0 Å². The molecule has 2 aliphatic carbocycles. The van der Waals surface area contributed by atoms with Crippen molar-refractivity contribution in [3.8, 4) is 34.1 Å². The normalized spacial score (nSPS) is 17.0. The number of fused-ring (bicyclic) bond motifs is 1. The predicted molar refractivity (Wildman–Crippen MR) is 259 cm³/mol. The molecule has 0 aliphatic heterocycles. The molecule has 0 aromatic heterocycles. The van der Waals surface area contributed by atoms with Gasteiger partial charge in [0.1, 0.15) is 19.3 Å². The van der Waals surface area contributed by atoms with Gasteiger partial charge in [-0.25, -0.2) is 0 Å². The minimum Gasteiger partial charge on any atom is -0.506 e. The third-order valence-corrected chi connectivity index (χ3v) is 12.3. The molecule has 1 unspecified atom stereocenters. The number of phenols is 4. The minimum atomic E-state index is -0.810. The van der Waals surface area contributed by atoms with E-state index in [1.807, 2.05) is 74.5 Å². The van der Waals surface area contributed by atoms with Crippen molar-refractivity contribution in [2.75, 3.05) is 4.90 Å². The highest BCUT2D eigenvalue weighted by molar-refractivity contribution is 6.37. The van der Waals surface area contributed by atoms with Crippen LogP contribution in [0, 0.1) is 5.41 Å². The second-order valence-electron chi connectivity index (χ2n) is 18.3. The van der Waals surface area contributed by atoms with E-state index in [-0.39, 0.29) is 5.69 Å². The summed E-state index contributed by atoms with van der Waals surface area (Å²) in [6.07, 6.45) is 10.7. The number of aromatic hydroxyl groups is 4. The Labute approximate surface area is 367 Å². The quantitative estimate of drug-likeness (QED) is 0.0747. The van der Waals surface area contributed by atoms with Crippen molar-refractivity contribution in [3.63, 3.8) is 0 Å². The minimum absolute atomic E-state index is 0.137. The largest absolute Gasteiger partial charge is 0.506 e. The van der Waals surface area contributed by atoms with Crippen LogP contribution in [0.2, 0.25) is 0 Å². The lowest BCUT2D eigenvalue weighted by molar-refractivity contribution is 0.305. The number of nitrogens with zero attached hydrogens (tertiary/aromatic N) is 1. The highest BCUT2D eigenvalue weighted by atomic mass is 16.3. The van der Waals surface area contributed by atoms with Gasteiger partial charge in [0.25, 0.3) is 0 Å². The number of allylic oxidation sites excluding steroid dienone is 5. The van der Waals surface area contributed by atoms with Gasteiger partial charge < -0.3 is 25.3 Å². The first kappa shape index (κ1) is 46.5. The molecule has 0 amide bonds. The molecule has 0 heterocycles. The fourth-order valence-electron chi connectivity index (χ4n) is 8.57. The first-order valence-electron chi connectivity index (χ1n) is 21.9. The van der Waals surface area contributed by atoms with Crippen molar-refractivity contribution in [2.45, 2.75) is 119 Å². The van der Waals surface area contributed by atoms with E-state index < -0.39 is 33.9 Å². The van der Waals surface area contributed by atoms with Crippen molar-refractivity contribution < 1.29 is 20.4 Å². The summed E-state index contributed by atoms with van der Waals surface area (Å²) in [5.41, 5.74) is 10.4. The smallest absolute Gasteiger partial charge is 0.202 e. The summed E-state index contributed by atoms with van der Waals surface area (Å²) in [5, 5.41) is 43.9. The van der Waals surface area contributed by atoms with Gasteiger partial charge in [0.05, 0.1) is 5.70 Å². The molecule has 1 atom stereocenters. The molecule has 0 saturated carbocycles. The van der Waals surface area contributed by atoms with E-state index in [2.05, 4.69) is 123 Å². The lowest BCUT2D eigenvalue weighted by Gasteiger charge is -2.43. The lowest BCUT2D eigenvalue weighted by atomic mass is 9.61. The molecule has 2 aliphatic rings. The Morgan fingerprint density at radius 3 is 1.90 bits per heavy atom. The van der Waals surface area contributed by atoms with Crippen LogP contribution in [-0.4, -0.2) is 28.3 Å². The Kier molecular flexibility index (Phi) is 14.4. The molecule has 0 spiro atoms. The zero-order chi connectivity index (χ0) is 44.9. The maximum Gasteiger partial charge on any atom is 0.202 e. The maximum atomic E-state index is 11.4. The highest BCUT2D eigenvalue weighted by Gasteiger charge is 2.38. The van der Waals surface area contributed by atoms with Gasteiger partial charge in [-0.05, 0) is 116 Å². The van der Waals surface area contributed by atoms with Gasteiger partial charge >= 0.3 is 0 Å². The summed E-state index contributed by atoms with van der Waals surface area (Å²) in [6.45, 7) is 24.1. The van der Waals surface area contributed by atoms with Crippen LogP contribution in [0.1, 0.15) is 130 Å². The van der Waals surface area contributed by atoms with E-state index in [9.17, 15) is 20.4 Å². The molecule has 5 aromatic carbocycles. The summed E-state index contributed by atoms with van der Waals surface area (Å²) >= 11 is 0. The second-order valence-corrected chi connectivity index (χ2v) is 18.3. The van der Waals surface area contributed by atoms with Gasteiger partial charge in [0, 0.05) is 5.69 Å². The first-order valence-corrected chi connectivity index (χ1v) is 21.9. The summed E-state index contributed by atoms with van der Waals surface area (Å²) in [6, 6.07) is 35.3. The van der Waals surface area contributed by atoms with Gasteiger partial charge in [-0.1, -0.05) is 179 Å². The SMILES string of the molecule is CC.CCC1(C)CCC(C)(C)c2ccccc21.[B]c1c(O)c(O)c(O)c(N(C2=C(C(C)(C)C)C(c3ccccc3)=CCC=C2)c2cccc(-c3cccc(C(C)C)c3)c2)c1O. The Hall–Kier alpha value is -5.62. The average Bonchev–Trinajstić information content (AvgIpc) is 3.50. The Morgan fingerprint density at radius 2 is 1.28 bits per heavy atom. The Morgan fingerprint density at radius 1 is 0.689 bits per heavy atom. The number of phenolic OH excluding ortho intramolecular Hbond substituents is 4. The van der Waals surface area contributed by atoms with Crippen LogP contribution in [0.15, 0.2) is 133 Å². The Bertz CT molecular complexity index is 2390. The number of benzene rings is 5. The first-order chi connectivity index (χ1) is 28.9. The highest BCUT2D eigenvalue weighted by Crippen LogP contribution is 2.53. The van der Waals surface area contributed by atoms with Crippen molar-refractivity contribution in [3.05, 3.63) is 155 Å². The molecule has 2 radical (unpaired) electrons. The van der Waals surface area contributed by atoms with E-state index in [0.29, 0.717) is 34.6 Å². The van der Waals surface area contributed by atoms with Gasteiger partial charge in [0.15, 0.2) is 11.5 Å². The van der Waals surface area contributed by atoms with E-state index in [4.69, 9.17) is 7.85 Å². The third kappa shape index (κ3) is 9.65. The molecule has 0 fully saturated rings. The van der Waals surface area contributed by atoms with Crippen LogP contribution in [-0.2, 0) is 10.8 Å². The van der Waals surface area contributed by atoms with Crippen LogP contribution >= 0.6 is 0 Å². The second kappa shape index (κ2) is 19.0. The van der Waals surface area contributed by atoms with Gasteiger partial charge in [0.2, 0.25) is 5.75 Å². The van der Waals surface area contributed by atoms with Crippen LogP contribution in [0.25, 0.3) is 16.7 Å². The van der Waals surface area contributed by atoms with E-state index >= 15 is 0 Å². The number of anilines is 2. The van der Waals surface area contributed by atoms with Crippen LogP contribution < -0.4 is 10.4 Å². The van der Waals surface area contributed by atoms with Crippen molar-refractivity contribution >= 4 is 30.3 Å².